The van der Waals surface area contributed by atoms with E-state index in [9.17, 15) is 41.0 Å². The minimum absolute atomic E-state index is 0.0566. The van der Waals surface area contributed by atoms with Crippen molar-refractivity contribution < 1.29 is 45.8 Å². The number of amides is 1. The monoisotopic (exact) mass is 525 g/mol. The van der Waals surface area contributed by atoms with Gasteiger partial charge in [0.25, 0.3) is 5.91 Å². The first-order valence-electron chi connectivity index (χ1n) is 11.2. The fourth-order valence-electron chi connectivity index (χ4n) is 3.98. The largest absolute Gasteiger partial charge is 0.487 e. The van der Waals surface area contributed by atoms with Crippen molar-refractivity contribution in [1.82, 2.24) is 5.32 Å². The Morgan fingerprint density at radius 1 is 0.946 bits per heavy atom. The van der Waals surface area contributed by atoms with Gasteiger partial charge in [0, 0.05) is 5.39 Å². The fraction of sp³-hybridized carbons (Fsp3) is 0.308. The quantitative estimate of drug-likeness (QED) is 0.348. The van der Waals surface area contributed by atoms with Crippen molar-refractivity contribution in [3.05, 3.63) is 76.9 Å². The second-order valence-corrected chi connectivity index (χ2v) is 9.26. The van der Waals surface area contributed by atoms with E-state index in [0.717, 1.165) is 36.4 Å². The lowest BCUT2D eigenvalue weighted by Crippen LogP contribution is -2.46. The van der Waals surface area contributed by atoms with E-state index in [1.54, 1.807) is 6.92 Å². The van der Waals surface area contributed by atoms with Crippen LogP contribution in [0.2, 0.25) is 0 Å². The Labute approximate surface area is 207 Å². The molecule has 0 radical (unpaired) electrons. The van der Waals surface area contributed by atoms with E-state index >= 15 is 0 Å². The highest BCUT2D eigenvalue weighted by atomic mass is 19.4. The summed E-state index contributed by atoms with van der Waals surface area (Å²) in [6.07, 6.45) is -8.08. The van der Waals surface area contributed by atoms with Crippen molar-refractivity contribution in [2.45, 2.75) is 44.8 Å². The first-order valence-corrected chi connectivity index (χ1v) is 11.2. The van der Waals surface area contributed by atoms with E-state index in [0.29, 0.717) is 18.2 Å². The predicted octanol–water partition coefficient (Wildman–Crippen LogP) is 6.44. The van der Waals surface area contributed by atoms with Crippen molar-refractivity contribution in [2.24, 2.45) is 5.41 Å². The second kappa shape index (κ2) is 9.28. The number of alkyl halides is 6. The van der Waals surface area contributed by atoms with Gasteiger partial charge in [0.2, 0.25) is 0 Å². The number of halogens is 6. The van der Waals surface area contributed by atoms with Crippen LogP contribution >= 0.6 is 0 Å². The molecule has 37 heavy (non-hydrogen) atoms. The summed E-state index contributed by atoms with van der Waals surface area (Å²) in [4.78, 5) is 24.9. The highest BCUT2D eigenvalue weighted by Gasteiger charge is 2.49. The van der Waals surface area contributed by atoms with Crippen molar-refractivity contribution >= 4 is 22.6 Å². The lowest BCUT2D eigenvalue weighted by molar-refractivity contribution is -0.141. The third-order valence-electron chi connectivity index (χ3n) is 6.47. The molecule has 1 aliphatic carbocycles. The molecule has 1 atom stereocenters. The molecule has 0 spiro atoms. The van der Waals surface area contributed by atoms with Gasteiger partial charge in [0.1, 0.15) is 18.4 Å². The zero-order valence-electron chi connectivity index (χ0n) is 19.3. The molecule has 5 nitrogen and oxygen atoms in total. The molecule has 3 aromatic carbocycles. The van der Waals surface area contributed by atoms with Gasteiger partial charge in [-0.3, -0.25) is 4.79 Å². The molecule has 0 bridgehead atoms. The number of aliphatic carboxylic acids is 1. The Morgan fingerprint density at radius 3 is 2.05 bits per heavy atom. The molecule has 0 heterocycles. The average Bonchev–Trinajstić information content (AvgIpc) is 3.57. The molecule has 3 aromatic rings. The summed E-state index contributed by atoms with van der Waals surface area (Å²) in [6.45, 7) is 1.35. The Morgan fingerprint density at radius 2 is 1.51 bits per heavy atom. The maximum Gasteiger partial charge on any atom is 0.416 e. The first-order chi connectivity index (χ1) is 17.2. The predicted molar refractivity (Wildman–Crippen MR) is 121 cm³/mol. The minimum Gasteiger partial charge on any atom is -0.487 e. The molecular formula is C26H21F6NO4. The number of carboxylic acids is 1. The van der Waals surface area contributed by atoms with Gasteiger partial charge in [-0.25, -0.2) is 4.79 Å². The molecular weight excluding hydrogens is 504 g/mol. The summed E-state index contributed by atoms with van der Waals surface area (Å²) in [5, 5.41) is 12.3. The van der Waals surface area contributed by atoms with Crippen molar-refractivity contribution in [2.75, 3.05) is 0 Å². The zero-order valence-corrected chi connectivity index (χ0v) is 19.3. The van der Waals surface area contributed by atoms with Crippen LogP contribution in [0, 0.1) is 5.41 Å². The summed E-state index contributed by atoms with van der Waals surface area (Å²) >= 11 is 0. The molecule has 0 aromatic heterocycles. The number of benzene rings is 3. The van der Waals surface area contributed by atoms with Crippen LogP contribution in [0.4, 0.5) is 26.3 Å². The third kappa shape index (κ3) is 5.65. The molecule has 1 aliphatic rings. The molecule has 1 amide bonds. The molecule has 1 saturated carbocycles. The average molecular weight is 525 g/mol. The number of ether oxygens (including phenoxy) is 1. The number of hydrogen-bond acceptors (Lipinski definition) is 3. The van der Waals surface area contributed by atoms with E-state index in [1.807, 2.05) is 0 Å². The van der Waals surface area contributed by atoms with Gasteiger partial charge in [0.05, 0.1) is 16.7 Å². The molecule has 1 unspecified atom stereocenters. The van der Waals surface area contributed by atoms with Gasteiger partial charge in [-0.15, -0.1) is 0 Å². The fourth-order valence-corrected chi connectivity index (χ4v) is 3.98. The Bertz CT molecular complexity index is 1340. The Balaban J connectivity index is 1.73. The van der Waals surface area contributed by atoms with Gasteiger partial charge in [-0.05, 0) is 59.5 Å². The number of carboxylic acid groups (broad SMARTS) is 1. The van der Waals surface area contributed by atoms with Crippen LogP contribution in [0.15, 0.2) is 54.6 Å². The normalized spacial score (nSPS) is 15.8. The van der Waals surface area contributed by atoms with Crippen LogP contribution in [0.1, 0.15) is 46.8 Å². The maximum absolute atomic E-state index is 13.4. The molecule has 11 heteroatoms. The molecule has 196 valence electrons. The number of carbonyl (C=O) groups excluding carboxylic acids is 1. The summed E-state index contributed by atoms with van der Waals surface area (Å²) in [5.41, 5.74) is -2.45. The summed E-state index contributed by atoms with van der Waals surface area (Å²) in [5.74, 6) is -2.35. The number of fused-ring (bicyclic) bond motifs is 1. The molecule has 1 fully saturated rings. The van der Waals surface area contributed by atoms with Crippen LogP contribution in [-0.4, -0.2) is 23.0 Å². The van der Waals surface area contributed by atoms with Gasteiger partial charge in [0.15, 0.2) is 0 Å². The lowest BCUT2D eigenvalue weighted by Gasteiger charge is -2.22. The van der Waals surface area contributed by atoms with Gasteiger partial charge >= 0.3 is 18.3 Å². The lowest BCUT2D eigenvalue weighted by atomic mass is 9.97. The van der Waals surface area contributed by atoms with E-state index in [-0.39, 0.29) is 28.9 Å². The zero-order chi connectivity index (χ0) is 27.2. The van der Waals surface area contributed by atoms with E-state index < -0.39 is 46.8 Å². The highest BCUT2D eigenvalue weighted by Crippen LogP contribution is 2.48. The van der Waals surface area contributed by atoms with Crippen LogP contribution in [0.3, 0.4) is 0 Å². The molecule has 0 saturated heterocycles. The van der Waals surface area contributed by atoms with Crippen LogP contribution < -0.4 is 10.1 Å². The SMILES string of the molecule is CC1(C(NC(=O)c2ccc3ccc(C(F)(F)F)cc3c2OCc2ccc(C(F)(F)F)cc2)C(=O)O)CC1. The van der Waals surface area contributed by atoms with Gasteiger partial charge in [-0.2, -0.15) is 26.3 Å². The molecule has 2 N–H and O–H groups in total. The Hall–Kier alpha value is -3.76. The highest BCUT2D eigenvalue weighted by molar-refractivity contribution is 6.05. The standard InChI is InChI=1S/C26H21F6NO4/c1-24(10-11-24)21(23(35)36)33-22(34)18-9-5-15-4-8-17(26(30,31)32)12-19(15)20(18)37-13-14-2-6-16(7-3-14)25(27,28)29/h2-9,12,21H,10-11,13H2,1H3,(H,33,34)(H,35,36). The van der Waals surface area contributed by atoms with Crippen molar-refractivity contribution in [3.63, 3.8) is 0 Å². The topological polar surface area (TPSA) is 75.6 Å². The summed E-state index contributed by atoms with van der Waals surface area (Å²) in [7, 11) is 0. The van der Waals surface area contributed by atoms with Crippen molar-refractivity contribution in [3.8, 4) is 5.75 Å². The first kappa shape index (κ1) is 26.3. The number of carbonyl (C=O) groups is 2. The van der Waals surface area contributed by atoms with Crippen LogP contribution in [0.5, 0.6) is 5.75 Å². The number of rotatable bonds is 7. The summed E-state index contributed by atoms with van der Waals surface area (Å²) in [6, 6.07) is 8.37. The summed E-state index contributed by atoms with van der Waals surface area (Å²) < 4.78 is 84.6. The Kier molecular flexibility index (Phi) is 6.60. The van der Waals surface area contributed by atoms with E-state index in [2.05, 4.69) is 5.32 Å². The third-order valence-corrected chi connectivity index (χ3v) is 6.47. The molecule has 0 aliphatic heterocycles. The van der Waals surface area contributed by atoms with E-state index in [4.69, 9.17) is 4.74 Å². The van der Waals surface area contributed by atoms with Gasteiger partial charge < -0.3 is 15.2 Å². The van der Waals surface area contributed by atoms with Crippen LogP contribution in [0.25, 0.3) is 10.8 Å². The van der Waals surface area contributed by atoms with E-state index in [1.165, 1.54) is 18.2 Å². The second-order valence-electron chi connectivity index (χ2n) is 9.26. The van der Waals surface area contributed by atoms with Crippen molar-refractivity contribution in [1.29, 1.82) is 0 Å². The minimum atomic E-state index is -4.69. The maximum atomic E-state index is 13.4. The smallest absolute Gasteiger partial charge is 0.416 e. The number of hydrogen-bond donors (Lipinski definition) is 2. The van der Waals surface area contributed by atoms with Crippen LogP contribution in [-0.2, 0) is 23.8 Å². The molecule has 4 rings (SSSR count). The van der Waals surface area contributed by atoms with Gasteiger partial charge in [-0.1, -0.05) is 31.2 Å². The number of nitrogens with one attached hydrogen (secondary N) is 1.